The first-order chi connectivity index (χ1) is 18.2. The third-order valence-electron chi connectivity index (χ3n) is 5.18. The van der Waals surface area contributed by atoms with Crippen molar-refractivity contribution in [1.82, 2.24) is 14.6 Å². The molecule has 1 unspecified atom stereocenters. The van der Waals surface area contributed by atoms with Crippen LogP contribution in [0.25, 0.3) is 0 Å². The topological polar surface area (TPSA) is 170 Å². The Bertz CT molecular complexity index is 1280. The zero-order valence-electron chi connectivity index (χ0n) is 21.5. The highest BCUT2D eigenvalue weighted by Gasteiger charge is 2.62. The number of rotatable bonds is 11. The van der Waals surface area contributed by atoms with Crippen LogP contribution in [0, 0.1) is 0 Å². The average molecular weight is 574 g/mol. The van der Waals surface area contributed by atoms with Gasteiger partial charge in [0.05, 0.1) is 12.7 Å². The maximum Gasteiger partial charge on any atom is 0.459 e. The molecule has 1 saturated heterocycles. The predicted molar refractivity (Wildman–Crippen MR) is 132 cm³/mol. The quantitative estimate of drug-likeness (QED) is 0.297. The molecule has 0 radical (unpaired) electrons. The number of nitrogens with two attached hydrogens (primary N) is 1. The van der Waals surface area contributed by atoms with Gasteiger partial charge in [0, 0.05) is 13.1 Å². The van der Waals surface area contributed by atoms with Crippen molar-refractivity contribution >= 4 is 25.5 Å². The van der Waals surface area contributed by atoms with Crippen LogP contribution in [-0.4, -0.2) is 58.4 Å². The lowest BCUT2D eigenvalue weighted by Crippen LogP contribution is -2.44. The number of halogens is 2. The molecule has 3 rings (SSSR count). The molecule has 1 aliphatic rings. The first kappa shape index (κ1) is 30.2. The minimum atomic E-state index is -4.47. The summed E-state index contributed by atoms with van der Waals surface area (Å²) in [5.41, 5.74) is 4.29. The van der Waals surface area contributed by atoms with Crippen molar-refractivity contribution in [3.63, 3.8) is 0 Å². The van der Waals surface area contributed by atoms with E-state index in [0.717, 1.165) is 19.2 Å². The van der Waals surface area contributed by atoms with E-state index in [4.69, 9.17) is 29.0 Å². The maximum atomic E-state index is 15.4. The van der Waals surface area contributed by atoms with E-state index < -0.39 is 68.5 Å². The number of aromatic nitrogens is 2. The minimum Gasteiger partial charge on any atom is -0.462 e. The van der Waals surface area contributed by atoms with Gasteiger partial charge in [-0.1, -0.05) is 18.2 Å². The highest BCUT2D eigenvalue weighted by Crippen LogP contribution is 2.48. The van der Waals surface area contributed by atoms with Crippen LogP contribution in [0.2, 0.25) is 0 Å². The van der Waals surface area contributed by atoms with Gasteiger partial charge in [-0.15, -0.1) is 0 Å². The van der Waals surface area contributed by atoms with E-state index in [1.165, 1.54) is 19.1 Å². The van der Waals surface area contributed by atoms with Gasteiger partial charge < -0.3 is 24.5 Å². The molecule has 0 bridgehead atoms. The van der Waals surface area contributed by atoms with Gasteiger partial charge >= 0.3 is 31.3 Å². The number of nitrogens with zero attached hydrogens (tertiary/aromatic N) is 2. The zero-order chi connectivity index (χ0) is 29.0. The van der Waals surface area contributed by atoms with Gasteiger partial charge in [0.1, 0.15) is 23.7 Å². The molecule has 1 fully saturated rings. The smallest absolute Gasteiger partial charge is 0.459 e. The molecule has 39 heavy (non-hydrogen) atoms. The number of nitrogen functional groups attached to an aromatic ring is 1. The number of nitrogens with one attached hydrogen (secondary N) is 1. The molecule has 16 heteroatoms. The van der Waals surface area contributed by atoms with Crippen LogP contribution in [0.15, 0.2) is 47.4 Å². The molecular formula is C23H29F2N4O9P. The summed E-state index contributed by atoms with van der Waals surface area (Å²) in [6, 6.07) is 7.63. The van der Waals surface area contributed by atoms with Crippen molar-refractivity contribution in [2.24, 2.45) is 0 Å². The molecule has 0 aliphatic carbocycles. The number of para-hydroxylation sites is 1. The Kier molecular flexibility index (Phi) is 9.43. The highest BCUT2D eigenvalue weighted by molar-refractivity contribution is 7.52. The van der Waals surface area contributed by atoms with Crippen LogP contribution >= 0.6 is 7.75 Å². The first-order valence-electron chi connectivity index (χ1n) is 11.7. The van der Waals surface area contributed by atoms with Crippen molar-refractivity contribution in [3.8, 4) is 5.75 Å². The Morgan fingerprint density at radius 1 is 1.23 bits per heavy atom. The fourth-order valence-electron chi connectivity index (χ4n) is 3.54. The molecule has 2 heterocycles. The molecule has 0 saturated carbocycles. The molecule has 1 aromatic heterocycles. The minimum absolute atomic E-state index is 0.0735. The zero-order valence-corrected chi connectivity index (χ0v) is 22.4. The number of carbonyl (C=O) groups is 2. The molecular weight excluding hydrogens is 545 g/mol. The Hall–Kier alpha value is -3.39. The standard InChI is InChI=1S/C23H29F2N4O9P/c1-13(2)35-20(31)14(3)28-39(33,38-16-8-6-5-7-9-16)34-12-17-19(36-15(4)30)23(24,25)21(37-17)29-11-10-18(26)27-22(29)32/h5-11,13-14,17,19,21H,12H2,1-4H3,(H,28,33)(H2,26,27,32)/t14-,17+,19+,21+,39?/m0/s1. The maximum absolute atomic E-state index is 15.4. The van der Waals surface area contributed by atoms with E-state index >= 15 is 8.78 Å². The summed E-state index contributed by atoms with van der Waals surface area (Å²) in [5.74, 6) is -5.92. The molecule has 13 nitrogen and oxygen atoms in total. The average Bonchev–Trinajstić information content (AvgIpc) is 3.07. The number of ether oxygens (including phenoxy) is 3. The second-order valence-electron chi connectivity index (χ2n) is 8.81. The van der Waals surface area contributed by atoms with Gasteiger partial charge in [-0.2, -0.15) is 18.9 Å². The molecule has 1 aromatic carbocycles. The van der Waals surface area contributed by atoms with Crippen molar-refractivity contribution < 1.29 is 46.2 Å². The number of carbonyl (C=O) groups excluding carboxylic acids is 2. The number of hydrogen-bond donors (Lipinski definition) is 2. The molecule has 0 spiro atoms. The third kappa shape index (κ3) is 7.60. The van der Waals surface area contributed by atoms with Crippen LogP contribution in [0.1, 0.15) is 33.9 Å². The largest absolute Gasteiger partial charge is 0.462 e. The predicted octanol–water partition coefficient (Wildman–Crippen LogP) is 2.42. The van der Waals surface area contributed by atoms with Gasteiger partial charge in [0.15, 0.2) is 6.10 Å². The van der Waals surface area contributed by atoms with Crippen LogP contribution in [-0.2, 0) is 32.9 Å². The highest BCUT2D eigenvalue weighted by atomic mass is 31.2. The summed E-state index contributed by atoms with van der Waals surface area (Å²) in [4.78, 5) is 39.6. The van der Waals surface area contributed by atoms with E-state index in [1.54, 1.807) is 32.0 Å². The van der Waals surface area contributed by atoms with Crippen LogP contribution < -0.4 is 21.0 Å². The number of anilines is 1. The summed E-state index contributed by atoms with van der Waals surface area (Å²) in [6.07, 6.45) is -5.77. The third-order valence-corrected chi connectivity index (χ3v) is 6.83. The molecule has 2 aromatic rings. The van der Waals surface area contributed by atoms with E-state index in [-0.39, 0.29) is 11.6 Å². The molecule has 1 aliphatic heterocycles. The van der Waals surface area contributed by atoms with E-state index in [2.05, 4.69) is 10.1 Å². The summed E-state index contributed by atoms with van der Waals surface area (Å²) >= 11 is 0. The lowest BCUT2D eigenvalue weighted by molar-refractivity contribution is -0.174. The SMILES string of the molecule is CC(=O)O[C@@H]1[C@@H](COP(=O)(N[C@@H](C)C(=O)OC(C)C)Oc2ccccc2)O[C@@H](n2ccc(N)nc2=O)C1(F)F. The van der Waals surface area contributed by atoms with Crippen LogP contribution in [0.4, 0.5) is 14.6 Å². The normalized spacial score (nSPS) is 22.6. The van der Waals surface area contributed by atoms with Gasteiger partial charge in [0.25, 0.3) is 0 Å². The van der Waals surface area contributed by atoms with Crippen LogP contribution in [0.3, 0.4) is 0 Å². The lowest BCUT2D eigenvalue weighted by Gasteiger charge is -2.26. The Morgan fingerprint density at radius 3 is 2.49 bits per heavy atom. The fourth-order valence-corrected chi connectivity index (χ4v) is 5.04. The Balaban J connectivity index is 1.88. The number of esters is 2. The fraction of sp³-hybridized carbons (Fsp3) is 0.478. The van der Waals surface area contributed by atoms with Crippen molar-refractivity contribution in [3.05, 3.63) is 53.1 Å². The van der Waals surface area contributed by atoms with Crippen molar-refractivity contribution in [2.75, 3.05) is 12.3 Å². The molecule has 5 atom stereocenters. The first-order valence-corrected chi connectivity index (χ1v) is 13.3. The second-order valence-corrected chi connectivity index (χ2v) is 10.5. The second kappa shape index (κ2) is 12.2. The number of hydrogen-bond acceptors (Lipinski definition) is 11. The van der Waals surface area contributed by atoms with Gasteiger partial charge in [-0.3, -0.25) is 18.7 Å². The van der Waals surface area contributed by atoms with Gasteiger partial charge in [-0.25, -0.2) is 9.36 Å². The Morgan fingerprint density at radius 2 is 1.90 bits per heavy atom. The Labute approximate surface area is 222 Å². The number of alkyl halides is 2. The molecule has 0 amide bonds. The van der Waals surface area contributed by atoms with Crippen molar-refractivity contribution in [2.45, 2.75) is 64.2 Å². The van der Waals surface area contributed by atoms with Crippen LogP contribution in [0.5, 0.6) is 5.75 Å². The molecule has 214 valence electrons. The van der Waals surface area contributed by atoms with Gasteiger partial charge in [-0.05, 0) is 39.0 Å². The van der Waals surface area contributed by atoms with E-state index in [9.17, 15) is 18.9 Å². The summed E-state index contributed by atoms with van der Waals surface area (Å²) in [7, 11) is -4.47. The van der Waals surface area contributed by atoms with Crippen molar-refractivity contribution in [1.29, 1.82) is 0 Å². The summed E-state index contributed by atoms with van der Waals surface area (Å²) in [5, 5.41) is 2.41. The molecule has 3 N–H and O–H groups in total. The number of benzene rings is 1. The van der Waals surface area contributed by atoms with Gasteiger partial charge in [0.2, 0.25) is 6.23 Å². The monoisotopic (exact) mass is 574 g/mol. The van der Waals surface area contributed by atoms with E-state index in [1.807, 2.05) is 0 Å². The summed E-state index contributed by atoms with van der Waals surface area (Å²) < 4.78 is 71.2. The lowest BCUT2D eigenvalue weighted by atomic mass is 10.1. The summed E-state index contributed by atoms with van der Waals surface area (Å²) in [6.45, 7) is 4.61. The van der Waals surface area contributed by atoms with E-state index in [0.29, 0.717) is 4.57 Å².